The van der Waals surface area contributed by atoms with Gasteiger partial charge in [0.1, 0.15) is 11.5 Å². The first-order valence-corrected chi connectivity index (χ1v) is 9.41. The van der Waals surface area contributed by atoms with Crippen molar-refractivity contribution in [1.29, 1.82) is 0 Å². The van der Waals surface area contributed by atoms with E-state index in [0.717, 1.165) is 17.9 Å². The third-order valence-corrected chi connectivity index (χ3v) is 6.16. The molecule has 0 aliphatic heterocycles. The lowest BCUT2D eigenvalue weighted by Gasteiger charge is -2.43. The van der Waals surface area contributed by atoms with Crippen LogP contribution in [0.2, 0.25) is 0 Å². The zero-order valence-electron chi connectivity index (χ0n) is 14.2. The first kappa shape index (κ1) is 17.2. The minimum Gasteiger partial charge on any atom is -0.508 e. The lowest BCUT2D eigenvalue weighted by molar-refractivity contribution is 0.341. The molecule has 3 rings (SSSR count). The zero-order valence-corrected chi connectivity index (χ0v) is 15.1. The summed E-state index contributed by atoms with van der Waals surface area (Å²) in [6.45, 7) is 5.02. The lowest BCUT2D eigenvalue weighted by atomic mass is 9.69. The number of nitrogens with two attached hydrogens (primary N) is 1. The van der Waals surface area contributed by atoms with E-state index in [4.69, 9.17) is 10.5 Å². The first-order chi connectivity index (χ1) is 11.5. The molecule has 0 spiro atoms. The van der Waals surface area contributed by atoms with Crippen LogP contribution in [0.15, 0.2) is 48.5 Å². The molecule has 0 heterocycles. The minimum absolute atomic E-state index is 0.0496. The standard InChI is InChI=1S/C20H25NO2S/c1-20(2)17-13-15(22)9-8-14(17)12-18(19(20)21)24-11-10-23-16-6-4-3-5-7-16/h3-9,13,18-19,22H,10-12,21H2,1-2H3. The van der Waals surface area contributed by atoms with Gasteiger partial charge in [0, 0.05) is 22.5 Å². The normalized spacial score (nSPS) is 22.0. The van der Waals surface area contributed by atoms with Crippen LogP contribution in [-0.4, -0.2) is 28.8 Å². The Morgan fingerprint density at radius 2 is 1.96 bits per heavy atom. The molecule has 0 aromatic heterocycles. The number of phenolic OH excluding ortho intramolecular Hbond substituents is 1. The number of rotatable bonds is 5. The highest BCUT2D eigenvalue weighted by Gasteiger charge is 2.40. The molecule has 3 nitrogen and oxygen atoms in total. The maximum atomic E-state index is 9.79. The van der Waals surface area contributed by atoms with Crippen molar-refractivity contribution in [3.05, 3.63) is 59.7 Å². The van der Waals surface area contributed by atoms with Gasteiger partial charge in [0.25, 0.3) is 0 Å². The number of benzene rings is 2. The number of aromatic hydroxyl groups is 1. The molecule has 0 bridgehead atoms. The van der Waals surface area contributed by atoms with E-state index in [2.05, 4.69) is 13.8 Å². The fourth-order valence-corrected chi connectivity index (χ4v) is 4.70. The molecule has 2 aromatic carbocycles. The number of ether oxygens (including phenoxy) is 1. The van der Waals surface area contributed by atoms with E-state index in [1.807, 2.05) is 54.2 Å². The summed E-state index contributed by atoms with van der Waals surface area (Å²) >= 11 is 1.88. The van der Waals surface area contributed by atoms with Gasteiger partial charge in [-0.05, 0) is 41.8 Å². The van der Waals surface area contributed by atoms with Crippen molar-refractivity contribution in [2.45, 2.75) is 37.0 Å². The van der Waals surface area contributed by atoms with Crippen LogP contribution in [-0.2, 0) is 11.8 Å². The summed E-state index contributed by atoms with van der Waals surface area (Å²) in [7, 11) is 0. The number of hydrogen-bond donors (Lipinski definition) is 2. The summed E-state index contributed by atoms with van der Waals surface area (Å²) in [5.74, 6) is 2.14. The summed E-state index contributed by atoms with van der Waals surface area (Å²) < 4.78 is 5.77. The summed E-state index contributed by atoms with van der Waals surface area (Å²) in [5, 5.41) is 10.1. The van der Waals surface area contributed by atoms with Gasteiger partial charge in [-0.3, -0.25) is 0 Å². The number of para-hydroxylation sites is 1. The van der Waals surface area contributed by atoms with Gasteiger partial charge in [0.2, 0.25) is 0 Å². The van der Waals surface area contributed by atoms with Gasteiger partial charge < -0.3 is 15.6 Å². The van der Waals surface area contributed by atoms with Crippen LogP contribution >= 0.6 is 11.8 Å². The smallest absolute Gasteiger partial charge is 0.119 e. The van der Waals surface area contributed by atoms with Gasteiger partial charge in [-0.25, -0.2) is 0 Å². The van der Waals surface area contributed by atoms with E-state index in [0.29, 0.717) is 17.6 Å². The summed E-state index contributed by atoms with van der Waals surface area (Å²) in [4.78, 5) is 0. The average molecular weight is 343 g/mol. The molecule has 0 saturated heterocycles. The summed E-state index contributed by atoms with van der Waals surface area (Å²) in [6.07, 6.45) is 0.941. The van der Waals surface area contributed by atoms with Crippen LogP contribution in [0, 0.1) is 0 Å². The highest BCUT2D eigenvalue weighted by molar-refractivity contribution is 8.00. The lowest BCUT2D eigenvalue weighted by Crippen LogP contribution is -2.52. The third-order valence-electron chi connectivity index (χ3n) is 4.87. The molecule has 2 unspecified atom stereocenters. The van der Waals surface area contributed by atoms with Crippen LogP contribution in [0.1, 0.15) is 25.0 Å². The van der Waals surface area contributed by atoms with E-state index >= 15 is 0 Å². The van der Waals surface area contributed by atoms with E-state index in [1.54, 1.807) is 6.07 Å². The van der Waals surface area contributed by atoms with Gasteiger partial charge in [-0.1, -0.05) is 38.1 Å². The molecule has 2 atom stereocenters. The topological polar surface area (TPSA) is 55.5 Å². The van der Waals surface area contributed by atoms with E-state index in [-0.39, 0.29) is 11.5 Å². The Kier molecular flexibility index (Phi) is 5.07. The van der Waals surface area contributed by atoms with Crippen molar-refractivity contribution >= 4 is 11.8 Å². The van der Waals surface area contributed by atoms with Gasteiger partial charge >= 0.3 is 0 Å². The number of hydrogen-bond acceptors (Lipinski definition) is 4. The van der Waals surface area contributed by atoms with Gasteiger partial charge in [0.05, 0.1) is 6.61 Å². The van der Waals surface area contributed by atoms with Crippen molar-refractivity contribution in [2.75, 3.05) is 12.4 Å². The second kappa shape index (κ2) is 7.08. The predicted molar refractivity (Wildman–Crippen MR) is 101 cm³/mol. The largest absolute Gasteiger partial charge is 0.508 e. The maximum absolute atomic E-state index is 9.79. The molecule has 4 heteroatoms. The molecular formula is C20H25NO2S. The molecule has 2 aromatic rings. The quantitative estimate of drug-likeness (QED) is 0.812. The second-order valence-electron chi connectivity index (χ2n) is 6.86. The molecule has 3 N–H and O–H groups in total. The Labute approximate surface area is 148 Å². The predicted octanol–water partition coefficient (Wildman–Crippen LogP) is 3.73. The van der Waals surface area contributed by atoms with Crippen LogP contribution in [0.25, 0.3) is 0 Å². The molecule has 0 amide bonds. The van der Waals surface area contributed by atoms with Gasteiger partial charge in [-0.2, -0.15) is 11.8 Å². The summed E-state index contributed by atoms with van der Waals surface area (Å²) in [5.41, 5.74) is 8.89. The highest BCUT2D eigenvalue weighted by atomic mass is 32.2. The molecule has 1 aliphatic carbocycles. The molecule has 128 valence electrons. The summed E-state index contributed by atoms with van der Waals surface area (Å²) in [6, 6.07) is 15.6. The molecule has 24 heavy (non-hydrogen) atoms. The Balaban J connectivity index is 1.61. The molecular weight excluding hydrogens is 318 g/mol. The Bertz CT molecular complexity index is 687. The third kappa shape index (κ3) is 3.55. The molecule has 0 fully saturated rings. The Morgan fingerprint density at radius 1 is 1.21 bits per heavy atom. The maximum Gasteiger partial charge on any atom is 0.119 e. The average Bonchev–Trinajstić information content (AvgIpc) is 2.58. The molecule has 1 aliphatic rings. The fraction of sp³-hybridized carbons (Fsp3) is 0.400. The van der Waals surface area contributed by atoms with Crippen molar-refractivity contribution in [1.82, 2.24) is 0 Å². The highest BCUT2D eigenvalue weighted by Crippen LogP contribution is 2.41. The van der Waals surface area contributed by atoms with Crippen molar-refractivity contribution < 1.29 is 9.84 Å². The molecule has 0 radical (unpaired) electrons. The van der Waals surface area contributed by atoms with Crippen LogP contribution in [0.3, 0.4) is 0 Å². The second-order valence-corrected chi connectivity index (χ2v) is 8.21. The SMILES string of the molecule is CC1(C)c2cc(O)ccc2CC(SCCOc2ccccc2)C1N. The van der Waals surface area contributed by atoms with Gasteiger partial charge in [-0.15, -0.1) is 0 Å². The van der Waals surface area contributed by atoms with E-state index < -0.39 is 0 Å². The van der Waals surface area contributed by atoms with Crippen molar-refractivity contribution in [2.24, 2.45) is 5.73 Å². The van der Waals surface area contributed by atoms with Crippen molar-refractivity contribution in [3.8, 4) is 11.5 Å². The van der Waals surface area contributed by atoms with Crippen molar-refractivity contribution in [3.63, 3.8) is 0 Å². The van der Waals surface area contributed by atoms with Crippen LogP contribution in [0.4, 0.5) is 0 Å². The van der Waals surface area contributed by atoms with Crippen LogP contribution < -0.4 is 10.5 Å². The Hall–Kier alpha value is -1.65. The number of fused-ring (bicyclic) bond motifs is 1. The Morgan fingerprint density at radius 3 is 2.71 bits per heavy atom. The minimum atomic E-state index is -0.149. The zero-order chi connectivity index (χ0) is 17.2. The number of phenols is 1. The number of thioether (sulfide) groups is 1. The monoisotopic (exact) mass is 343 g/mol. The van der Waals surface area contributed by atoms with E-state index in [1.165, 1.54) is 11.1 Å². The van der Waals surface area contributed by atoms with E-state index in [9.17, 15) is 5.11 Å². The first-order valence-electron chi connectivity index (χ1n) is 8.36. The molecule has 0 saturated carbocycles. The fourth-order valence-electron chi connectivity index (χ4n) is 3.37. The van der Waals surface area contributed by atoms with Crippen LogP contribution in [0.5, 0.6) is 11.5 Å². The van der Waals surface area contributed by atoms with Gasteiger partial charge in [0.15, 0.2) is 0 Å².